The van der Waals surface area contributed by atoms with Gasteiger partial charge in [-0.05, 0) is 39.0 Å². The Kier molecular flexibility index (Phi) is 4.35. The Morgan fingerprint density at radius 2 is 2.07 bits per heavy atom. The van der Waals surface area contributed by atoms with Gasteiger partial charge in [0.1, 0.15) is 0 Å². The average molecular weight is 202 g/mol. The molecule has 0 aromatic heterocycles. The minimum Gasteiger partial charge on any atom is -0.387 e. The number of rotatable bonds is 4. The quantitative estimate of drug-likeness (QED) is 0.752. The normalized spacial score (nSPS) is 25.7. The van der Waals surface area contributed by atoms with Crippen molar-refractivity contribution in [1.29, 1.82) is 0 Å². The predicted molar refractivity (Wildman–Crippen MR) is 55.3 cm³/mol. The lowest BCUT2D eigenvalue weighted by atomic mass is 9.84. The second-order valence-electron chi connectivity index (χ2n) is 4.49. The number of methoxy groups -OCH3 is 1. The molecular weight excluding hydrogens is 180 g/mol. The molecule has 1 aliphatic rings. The molecule has 0 spiro atoms. The van der Waals surface area contributed by atoms with E-state index in [1.54, 1.807) is 7.11 Å². The SMILES string of the molecule is COC(C)C(C)(O)CC1CCOCC1. The van der Waals surface area contributed by atoms with Gasteiger partial charge in [-0.25, -0.2) is 0 Å². The Morgan fingerprint density at radius 1 is 1.50 bits per heavy atom. The van der Waals surface area contributed by atoms with E-state index < -0.39 is 5.60 Å². The van der Waals surface area contributed by atoms with Crippen LogP contribution < -0.4 is 0 Å². The van der Waals surface area contributed by atoms with Crippen LogP contribution in [0, 0.1) is 5.92 Å². The monoisotopic (exact) mass is 202 g/mol. The van der Waals surface area contributed by atoms with E-state index in [9.17, 15) is 5.11 Å². The Balaban J connectivity index is 2.40. The minimum atomic E-state index is -0.712. The molecule has 1 heterocycles. The zero-order valence-corrected chi connectivity index (χ0v) is 9.45. The summed E-state index contributed by atoms with van der Waals surface area (Å²) in [5, 5.41) is 10.2. The number of hydrogen-bond donors (Lipinski definition) is 1. The molecule has 14 heavy (non-hydrogen) atoms. The lowest BCUT2D eigenvalue weighted by molar-refractivity contribution is -0.0923. The van der Waals surface area contributed by atoms with Gasteiger partial charge >= 0.3 is 0 Å². The molecule has 0 saturated carbocycles. The first-order chi connectivity index (χ1) is 6.56. The van der Waals surface area contributed by atoms with Crippen LogP contribution in [0.5, 0.6) is 0 Å². The molecule has 0 amide bonds. The van der Waals surface area contributed by atoms with Gasteiger partial charge in [-0.2, -0.15) is 0 Å². The van der Waals surface area contributed by atoms with Crippen LogP contribution in [0.15, 0.2) is 0 Å². The standard InChI is InChI=1S/C11H22O3/c1-9(13-3)11(2,12)8-10-4-6-14-7-5-10/h9-10,12H,4-8H2,1-3H3. The summed E-state index contributed by atoms with van der Waals surface area (Å²) in [6.45, 7) is 5.44. The van der Waals surface area contributed by atoms with Crippen LogP contribution in [0.25, 0.3) is 0 Å². The number of ether oxygens (including phenoxy) is 2. The van der Waals surface area contributed by atoms with Gasteiger partial charge in [-0.1, -0.05) is 0 Å². The fraction of sp³-hybridized carbons (Fsp3) is 1.00. The first-order valence-electron chi connectivity index (χ1n) is 5.39. The van der Waals surface area contributed by atoms with Crippen LogP contribution >= 0.6 is 0 Å². The van der Waals surface area contributed by atoms with Gasteiger partial charge in [-0.3, -0.25) is 0 Å². The first-order valence-corrected chi connectivity index (χ1v) is 5.39. The lowest BCUT2D eigenvalue weighted by Crippen LogP contribution is -2.41. The van der Waals surface area contributed by atoms with Crippen LogP contribution in [-0.4, -0.2) is 37.1 Å². The van der Waals surface area contributed by atoms with Crippen LogP contribution in [0.1, 0.15) is 33.1 Å². The van der Waals surface area contributed by atoms with Gasteiger partial charge in [0.25, 0.3) is 0 Å². The molecule has 3 nitrogen and oxygen atoms in total. The highest BCUT2D eigenvalue weighted by atomic mass is 16.5. The smallest absolute Gasteiger partial charge is 0.0880 e. The summed E-state index contributed by atoms with van der Waals surface area (Å²) in [4.78, 5) is 0. The first kappa shape index (κ1) is 12.0. The largest absolute Gasteiger partial charge is 0.387 e. The van der Waals surface area contributed by atoms with Crippen molar-refractivity contribution >= 4 is 0 Å². The van der Waals surface area contributed by atoms with Crippen molar-refractivity contribution in [2.75, 3.05) is 20.3 Å². The summed E-state index contributed by atoms with van der Waals surface area (Å²) in [7, 11) is 1.64. The van der Waals surface area contributed by atoms with Crippen molar-refractivity contribution in [2.45, 2.75) is 44.8 Å². The number of hydrogen-bond acceptors (Lipinski definition) is 3. The van der Waals surface area contributed by atoms with Gasteiger partial charge in [0, 0.05) is 20.3 Å². The summed E-state index contributed by atoms with van der Waals surface area (Å²) in [6, 6.07) is 0. The van der Waals surface area contributed by atoms with E-state index in [0.29, 0.717) is 5.92 Å². The summed E-state index contributed by atoms with van der Waals surface area (Å²) in [6.07, 6.45) is 2.83. The van der Waals surface area contributed by atoms with Crippen molar-refractivity contribution < 1.29 is 14.6 Å². The molecule has 84 valence electrons. The molecule has 0 radical (unpaired) electrons. The van der Waals surface area contributed by atoms with E-state index >= 15 is 0 Å². The van der Waals surface area contributed by atoms with Gasteiger partial charge < -0.3 is 14.6 Å². The molecule has 0 aromatic carbocycles. The molecule has 0 aromatic rings. The Bertz CT molecular complexity index is 162. The summed E-state index contributed by atoms with van der Waals surface area (Å²) >= 11 is 0. The third-order valence-electron chi connectivity index (χ3n) is 3.27. The molecule has 1 N–H and O–H groups in total. The van der Waals surface area contributed by atoms with Gasteiger partial charge in [0.05, 0.1) is 11.7 Å². The van der Waals surface area contributed by atoms with Crippen molar-refractivity contribution in [1.82, 2.24) is 0 Å². The van der Waals surface area contributed by atoms with E-state index in [2.05, 4.69) is 0 Å². The second-order valence-corrected chi connectivity index (χ2v) is 4.49. The van der Waals surface area contributed by atoms with Crippen molar-refractivity contribution in [3.8, 4) is 0 Å². The number of aliphatic hydroxyl groups is 1. The van der Waals surface area contributed by atoms with Crippen molar-refractivity contribution in [3.05, 3.63) is 0 Å². The van der Waals surface area contributed by atoms with E-state index in [0.717, 1.165) is 32.5 Å². The Hall–Kier alpha value is -0.120. The highest BCUT2D eigenvalue weighted by molar-refractivity contribution is 4.83. The zero-order chi connectivity index (χ0) is 10.6. The van der Waals surface area contributed by atoms with Crippen LogP contribution in [-0.2, 0) is 9.47 Å². The van der Waals surface area contributed by atoms with Crippen LogP contribution in [0.3, 0.4) is 0 Å². The maximum atomic E-state index is 10.2. The maximum absolute atomic E-state index is 10.2. The molecule has 1 saturated heterocycles. The van der Waals surface area contributed by atoms with Gasteiger partial charge in [0.15, 0.2) is 0 Å². The molecule has 2 atom stereocenters. The third kappa shape index (κ3) is 3.23. The molecule has 1 fully saturated rings. The second kappa shape index (κ2) is 5.10. The lowest BCUT2D eigenvalue weighted by Gasteiger charge is -2.34. The maximum Gasteiger partial charge on any atom is 0.0880 e. The van der Waals surface area contributed by atoms with Gasteiger partial charge in [0.2, 0.25) is 0 Å². The molecule has 1 rings (SSSR count). The van der Waals surface area contributed by atoms with Crippen LogP contribution in [0.4, 0.5) is 0 Å². The molecular formula is C11H22O3. The summed E-state index contributed by atoms with van der Waals surface area (Å²) < 4.78 is 10.5. The summed E-state index contributed by atoms with van der Waals surface area (Å²) in [5.41, 5.74) is -0.712. The molecule has 1 aliphatic heterocycles. The fourth-order valence-corrected chi connectivity index (χ4v) is 1.95. The van der Waals surface area contributed by atoms with Gasteiger partial charge in [-0.15, -0.1) is 0 Å². The van der Waals surface area contributed by atoms with Crippen LogP contribution in [0.2, 0.25) is 0 Å². The average Bonchev–Trinajstić information content (AvgIpc) is 2.17. The van der Waals surface area contributed by atoms with E-state index in [1.807, 2.05) is 13.8 Å². The molecule has 2 unspecified atom stereocenters. The zero-order valence-electron chi connectivity index (χ0n) is 9.45. The highest BCUT2D eigenvalue weighted by Crippen LogP contribution is 2.28. The van der Waals surface area contributed by atoms with E-state index in [4.69, 9.17) is 9.47 Å². The Labute approximate surface area is 86.4 Å². The molecule has 0 aliphatic carbocycles. The fourth-order valence-electron chi connectivity index (χ4n) is 1.95. The highest BCUT2D eigenvalue weighted by Gasteiger charge is 2.32. The third-order valence-corrected chi connectivity index (χ3v) is 3.27. The van der Waals surface area contributed by atoms with E-state index in [-0.39, 0.29) is 6.10 Å². The minimum absolute atomic E-state index is 0.106. The van der Waals surface area contributed by atoms with E-state index in [1.165, 1.54) is 0 Å². The van der Waals surface area contributed by atoms with Crippen molar-refractivity contribution in [2.24, 2.45) is 5.92 Å². The Morgan fingerprint density at radius 3 is 2.57 bits per heavy atom. The molecule has 0 bridgehead atoms. The van der Waals surface area contributed by atoms with Crippen molar-refractivity contribution in [3.63, 3.8) is 0 Å². The molecule has 3 heteroatoms. The predicted octanol–water partition coefficient (Wildman–Crippen LogP) is 1.59. The topological polar surface area (TPSA) is 38.7 Å². The summed E-state index contributed by atoms with van der Waals surface area (Å²) in [5.74, 6) is 0.580.